The van der Waals surface area contributed by atoms with Gasteiger partial charge in [0, 0.05) is 41.8 Å². The molecule has 0 bridgehead atoms. The lowest BCUT2D eigenvalue weighted by Crippen LogP contribution is -2.51. The third-order valence-corrected chi connectivity index (χ3v) is 7.13. The molecule has 1 aromatic rings. The minimum absolute atomic E-state index is 0.0839. The number of nitrogens with zero attached hydrogens (tertiary/aromatic N) is 3. The molecular formula is C22H31N3O6S. The van der Waals surface area contributed by atoms with E-state index in [-0.39, 0.29) is 24.6 Å². The van der Waals surface area contributed by atoms with E-state index in [1.165, 1.54) is 11.0 Å². The maximum absolute atomic E-state index is 13.1. The summed E-state index contributed by atoms with van der Waals surface area (Å²) in [6.45, 7) is 8.40. The molecule has 3 rings (SSSR count). The number of piperidine rings is 1. The van der Waals surface area contributed by atoms with Gasteiger partial charge >= 0.3 is 6.09 Å². The molecule has 1 N–H and O–H groups in total. The number of nitro benzene ring substituents is 1. The Balaban J connectivity index is 1.58. The van der Waals surface area contributed by atoms with Crippen molar-refractivity contribution >= 4 is 29.4 Å². The second-order valence-corrected chi connectivity index (χ2v) is 10.7. The normalized spacial score (nSPS) is 22.2. The molecule has 0 unspecified atom stereocenters. The van der Waals surface area contributed by atoms with E-state index in [0.29, 0.717) is 18.3 Å². The largest absolute Gasteiger partial charge is 0.444 e. The van der Waals surface area contributed by atoms with Gasteiger partial charge in [0.1, 0.15) is 11.6 Å². The van der Waals surface area contributed by atoms with Crippen LogP contribution in [0, 0.1) is 17.0 Å². The van der Waals surface area contributed by atoms with Crippen LogP contribution in [0.2, 0.25) is 0 Å². The van der Waals surface area contributed by atoms with E-state index in [9.17, 15) is 24.8 Å². The molecule has 0 aliphatic carbocycles. The minimum atomic E-state index is -0.741. The van der Waals surface area contributed by atoms with E-state index >= 15 is 0 Å². The van der Waals surface area contributed by atoms with Gasteiger partial charge in [-0.25, -0.2) is 4.79 Å². The lowest BCUT2D eigenvalue weighted by Gasteiger charge is -2.35. The summed E-state index contributed by atoms with van der Waals surface area (Å²) in [7, 11) is 0. The fourth-order valence-corrected chi connectivity index (χ4v) is 5.23. The number of carbonyl (C=O) groups is 2. The number of β-amino-alcohol motifs (C(OH)–C–C–N with tert-alkyl or cyclic N) is 1. The molecule has 2 aliphatic heterocycles. The number of benzene rings is 1. The number of rotatable bonds is 4. The predicted octanol–water partition coefficient (Wildman–Crippen LogP) is 3.36. The highest BCUT2D eigenvalue weighted by molar-refractivity contribution is 8.00. The van der Waals surface area contributed by atoms with Gasteiger partial charge in [0.15, 0.2) is 0 Å². The van der Waals surface area contributed by atoms with Crippen LogP contribution < -0.4 is 0 Å². The Morgan fingerprint density at radius 2 is 1.91 bits per heavy atom. The number of hydrogen-bond acceptors (Lipinski definition) is 7. The molecule has 2 atom stereocenters. The summed E-state index contributed by atoms with van der Waals surface area (Å²) in [6, 6.07) is 4.18. The summed E-state index contributed by atoms with van der Waals surface area (Å²) in [5.41, 5.74) is 0.278. The van der Waals surface area contributed by atoms with Crippen molar-refractivity contribution in [1.29, 1.82) is 0 Å². The van der Waals surface area contributed by atoms with Gasteiger partial charge in [-0.15, -0.1) is 11.8 Å². The van der Waals surface area contributed by atoms with Crippen molar-refractivity contribution in [3.8, 4) is 0 Å². The number of aryl methyl sites for hydroxylation is 1. The van der Waals surface area contributed by atoms with Crippen LogP contribution in [0.4, 0.5) is 10.5 Å². The predicted molar refractivity (Wildman–Crippen MR) is 121 cm³/mol. The van der Waals surface area contributed by atoms with Crippen molar-refractivity contribution < 1.29 is 24.4 Å². The molecule has 0 aromatic heterocycles. The summed E-state index contributed by atoms with van der Waals surface area (Å²) >= 11 is 1.68. The number of amides is 2. The van der Waals surface area contributed by atoms with E-state index in [1.54, 1.807) is 49.6 Å². The standard InChI is InChI=1S/C22H31N3O6S/c1-14-11-15(25(29)30)5-6-19(14)32-17-7-9-23(10-8-17)20(27)18-12-16(26)13-24(18)21(28)31-22(2,3)4/h5-6,11,16-18,26H,7-10,12-13H2,1-4H3/t16-,18+/m1/s1. The van der Waals surface area contributed by atoms with Crippen molar-refractivity contribution in [3.05, 3.63) is 33.9 Å². The van der Waals surface area contributed by atoms with E-state index in [4.69, 9.17) is 4.74 Å². The Kier molecular flexibility index (Phi) is 7.34. The molecule has 0 spiro atoms. The molecule has 2 heterocycles. The number of thioether (sulfide) groups is 1. The van der Waals surface area contributed by atoms with Crippen molar-refractivity contribution in [1.82, 2.24) is 9.80 Å². The zero-order chi connectivity index (χ0) is 23.6. The molecule has 2 aliphatic rings. The van der Waals surface area contributed by atoms with Crippen LogP contribution in [0.25, 0.3) is 0 Å². The first-order chi connectivity index (χ1) is 14.9. The Hall–Kier alpha value is -2.33. The van der Waals surface area contributed by atoms with Gasteiger partial charge in [0.25, 0.3) is 5.69 Å². The van der Waals surface area contributed by atoms with Crippen LogP contribution in [0.5, 0.6) is 0 Å². The smallest absolute Gasteiger partial charge is 0.411 e. The second-order valence-electron chi connectivity index (χ2n) is 9.39. The molecule has 9 nitrogen and oxygen atoms in total. The van der Waals surface area contributed by atoms with Gasteiger partial charge in [0.05, 0.1) is 17.6 Å². The topological polar surface area (TPSA) is 113 Å². The van der Waals surface area contributed by atoms with Crippen LogP contribution in [0.3, 0.4) is 0 Å². The van der Waals surface area contributed by atoms with Gasteiger partial charge in [-0.05, 0) is 52.2 Å². The van der Waals surface area contributed by atoms with Crippen LogP contribution in [-0.4, -0.2) is 74.5 Å². The number of nitro groups is 1. The Labute approximate surface area is 192 Å². The molecule has 176 valence electrons. The molecule has 2 amide bonds. The van der Waals surface area contributed by atoms with Crippen LogP contribution in [0.1, 0.15) is 45.6 Å². The van der Waals surface area contributed by atoms with Gasteiger partial charge < -0.3 is 14.7 Å². The number of non-ortho nitro benzene ring substituents is 1. The lowest BCUT2D eigenvalue weighted by molar-refractivity contribution is -0.385. The Morgan fingerprint density at radius 1 is 1.25 bits per heavy atom. The molecule has 0 radical (unpaired) electrons. The highest BCUT2D eigenvalue weighted by Gasteiger charge is 2.43. The number of hydrogen-bond donors (Lipinski definition) is 1. The average Bonchev–Trinajstić information content (AvgIpc) is 3.10. The molecule has 2 fully saturated rings. The highest BCUT2D eigenvalue weighted by Crippen LogP contribution is 2.34. The highest BCUT2D eigenvalue weighted by atomic mass is 32.2. The summed E-state index contributed by atoms with van der Waals surface area (Å²) in [5, 5.41) is 21.3. The van der Waals surface area contributed by atoms with Crippen LogP contribution >= 0.6 is 11.8 Å². The third kappa shape index (κ3) is 5.92. The number of aliphatic hydroxyl groups excluding tert-OH is 1. The number of ether oxygens (including phenoxy) is 1. The van der Waals surface area contributed by atoms with Gasteiger partial charge in [-0.2, -0.15) is 0 Å². The van der Waals surface area contributed by atoms with Gasteiger partial charge in [0.2, 0.25) is 5.91 Å². The first kappa shape index (κ1) is 24.3. The fraction of sp³-hybridized carbons (Fsp3) is 0.636. The second kappa shape index (κ2) is 9.66. The molecular weight excluding hydrogens is 434 g/mol. The van der Waals surface area contributed by atoms with E-state index < -0.39 is 28.8 Å². The Bertz CT molecular complexity index is 879. The number of aliphatic hydroxyl groups is 1. The fourth-order valence-electron chi connectivity index (χ4n) is 4.03. The van der Waals surface area contributed by atoms with Crippen molar-refractivity contribution in [2.45, 2.75) is 74.8 Å². The average molecular weight is 466 g/mol. The molecule has 2 saturated heterocycles. The van der Waals surface area contributed by atoms with Gasteiger partial charge in [-0.1, -0.05) is 0 Å². The summed E-state index contributed by atoms with van der Waals surface area (Å²) < 4.78 is 5.42. The first-order valence-corrected chi connectivity index (χ1v) is 11.7. The van der Waals surface area contributed by atoms with E-state index in [1.807, 2.05) is 6.92 Å². The van der Waals surface area contributed by atoms with E-state index in [0.717, 1.165) is 23.3 Å². The van der Waals surface area contributed by atoms with Crippen molar-refractivity contribution in [2.75, 3.05) is 19.6 Å². The first-order valence-electron chi connectivity index (χ1n) is 10.8. The maximum atomic E-state index is 13.1. The van der Waals surface area contributed by atoms with E-state index in [2.05, 4.69) is 0 Å². The monoisotopic (exact) mass is 465 g/mol. The molecule has 1 aromatic carbocycles. The molecule has 0 saturated carbocycles. The quantitative estimate of drug-likeness (QED) is 0.536. The maximum Gasteiger partial charge on any atom is 0.411 e. The number of carbonyl (C=O) groups excluding carboxylic acids is 2. The SMILES string of the molecule is Cc1cc([N+](=O)[O-])ccc1SC1CCN(C(=O)[C@@H]2C[C@@H](O)CN2C(=O)OC(C)(C)C)CC1. The zero-order valence-corrected chi connectivity index (χ0v) is 19.8. The van der Waals surface area contributed by atoms with Crippen LogP contribution in [0.15, 0.2) is 23.1 Å². The van der Waals surface area contributed by atoms with Gasteiger partial charge in [-0.3, -0.25) is 19.8 Å². The minimum Gasteiger partial charge on any atom is -0.444 e. The third-order valence-electron chi connectivity index (χ3n) is 5.61. The zero-order valence-electron chi connectivity index (χ0n) is 18.9. The van der Waals surface area contributed by atoms with Crippen LogP contribution in [-0.2, 0) is 9.53 Å². The summed E-state index contributed by atoms with van der Waals surface area (Å²) in [5.74, 6) is -0.151. The lowest BCUT2D eigenvalue weighted by atomic mass is 10.1. The summed E-state index contributed by atoms with van der Waals surface area (Å²) in [6.07, 6.45) is 0.471. The Morgan fingerprint density at radius 3 is 2.47 bits per heavy atom. The summed E-state index contributed by atoms with van der Waals surface area (Å²) in [4.78, 5) is 40.3. The number of likely N-dealkylation sites (tertiary alicyclic amines) is 2. The van der Waals surface area contributed by atoms with Crippen molar-refractivity contribution in [2.24, 2.45) is 0 Å². The molecule has 32 heavy (non-hydrogen) atoms. The molecule has 10 heteroatoms. The van der Waals surface area contributed by atoms with Crippen molar-refractivity contribution in [3.63, 3.8) is 0 Å².